The van der Waals surface area contributed by atoms with Crippen molar-refractivity contribution in [3.63, 3.8) is 0 Å². The molecule has 2 heterocycles. The molecule has 0 bridgehead atoms. The number of hydrogen-bond donors (Lipinski definition) is 0. The molecule has 6 nitrogen and oxygen atoms in total. The zero-order valence-corrected chi connectivity index (χ0v) is 15.4. The average molecular weight is 356 g/mol. The van der Waals surface area contributed by atoms with Gasteiger partial charge < -0.3 is 14.2 Å². The average Bonchev–Trinajstić information content (AvgIpc) is 2.90. The van der Waals surface area contributed by atoms with Gasteiger partial charge in [-0.05, 0) is 32.8 Å². The Morgan fingerprint density at radius 2 is 2.00 bits per heavy atom. The molecule has 0 N–H and O–H groups in total. The molecule has 0 unspecified atom stereocenters. The second-order valence-electron chi connectivity index (χ2n) is 7.33. The van der Waals surface area contributed by atoms with Gasteiger partial charge in [0.15, 0.2) is 0 Å². The molecule has 0 aliphatic carbocycles. The lowest BCUT2D eigenvalue weighted by Gasteiger charge is -2.29. The molecule has 1 aliphatic heterocycles. The van der Waals surface area contributed by atoms with E-state index in [1.807, 2.05) is 63.3 Å². The molecule has 1 aliphatic rings. The number of rotatable bonds is 3. The number of amides is 1. The third kappa shape index (κ3) is 4.25. The summed E-state index contributed by atoms with van der Waals surface area (Å²) in [6.45, 7) is 6.71. The van der Waals surface area contributed by atoms with Gasteiger partial charge in [-0.15, -0.1) is 0 Å². The molecule has 1 aromatic carbocycles. The van der Waals surface area contributed by atoms with Crippen LogP contribution in [0.5, 0.6) is 0 Å². The van der Waals surface area contributed by atoms with Crippen LogP contribution < -0.4 is 5.63 Å². The first kappa shape index (κ1) is 18.0. The molecule has 0 radical (unpaired) electrons. The van der Waals surface area contributed by atoms with Crippen LogP contribution in [-0.2, 0) is 24.2 Å². The minimum Gasteiger partial charge on any atom is -0.444 e. The van der Waals surface area contributed by atoms with Gasteiger partial charge in [0.25, 0.3) is 0 Å². The van der Waals surface area contributed by atoms with Crippen LogP contribution in [0.2, 0.25) is 0 Å². The normalized spacial score (nSPS) is 14.5. The summed E-state index contributed by atoms with van der Waals surface area (Å²) in [5, 5.41) is 0. The van der Waals surface area contributed by atoms with E-state index in [-0.39, 0.29) is 11.7 Å². The van der Waals surface area contributed by atoms with Gasteiger partial charge in [-0.25, -0.2) is 14.3 Å². The number of allylic oxidation sites excluding steroid dienone is 1. The second kappa shape index (κ2) is 7.23. The molecule has 6 heteroatoms. The number of carbonyl (C=O) groups is 1. The molecule has 0 fully saturated rings. The van der Waals surface area contributed by atoms with E-state index in [4.69, 9.17) is 9.26 Å². The fourth-order valence-corrected chi connectivity index (χ4v) is 2.88. The highest BCUT2D eigenvalue weighted by molar-refractivity contribution is 5.68. The highest BCUT2D eigenvalue weighted by atomic mass is 16.6. The molecule has 0 spiro atoms. The molecule has 0 atom stereocenters. The monoisotopic (exact) mass is 356 g/mol. The predicted molar refractivity (Wildman–Crippen MR) is 98.8 cm³/mol. The topological polar surface area (TPSA) is 64.7 Å². The standard InChI is InChI=1S/C20H24N2O4/c1-20(2,3)25-19(24)21-13-11-16-17(14-21)22(26-18(16)23)12-7-10-15-8-5-4-6-9-15/h4-10H,11-14H2,1-3H3/b10-7+. The molecule has 138 valence electrons. The van der Waals surface area contributed by atoms with Crippen molar-refractivity contribution >= 4 is 12.2 Å². The van der Waals surface area contributed by atoms with Gasteiger partial charge in [0.2, 0.25) is 0 Å². The van der Waals surface area contributed by atoms with Crippen molar-refractivity contribution in [3.8, 4) is 0 Å². The predicted octanol–water partition coefficient (Wildman–Crippen LogP) is 3.45. The first-order valence-corrected chi connectivity index (χ1v) is 8.75. The van der Waals surface area contributed by atoms with Gasteiger partial charge >= 0.3 is 11.7 Å². The number of benzene rings is 1. The number of nitrogens with zero attached hydrogens (tertiary/aromatic N) is 2. The van der Waals surface area contributed by atoms with E-state index in [9.17, 15) is 9.59 Å². The number of aromatic nitrogens is 1. The van der Waals surface area contributed by atoms with Gasteiger partial charge in [0, 0.05) is 6.54 Å². The van der Waals surface area contributed by atoms with Crippen LogP contribution in [0.3, 0.4) is 0 Å². The highest BCUT2D eigenvalue weighted by Gasteiger charge is 2.30. The summed E-state index contributed by atoms with van der Waals surface area (Å²) in [5.41, 5.74) is 1.59. The van der Waals surface area contributed by atoms with E-state index in [0.29, 0.717) is 31.6 Å². The molecule has 0 saturated carbocycles. The lowest BCUT2D eigenvalue weighted by molar-refractivity contribution is 0.0216. The Hall–Kier alpha value is -2.76. The Labute approximate surface area is 152 Å². The molecule has 1 aromatic heterocycles. The van der Waals surface area contributed by atoms with E-state index in [2.05, 4.69) is 0 Å². The summed E-state index contributed by atoms with van der Waals surface area (Å²) in [6, 6.07) is 9.90. The van der Waals surface area contributed by atoms with Crippen molar-refractivity contribution < 1.29 is 14.1 Å². The Balaban J connectivity index is 1.74. The highest BCUT2D eigenvalue weighted by Crippen LogP contribution is 2.20. The third-order valence-corrected chi connectivity index (χ3v) is 4.09. The summed E-state index contributed by atoms with van der Waals surface area (Å²) in [5.74, 6) is 0. The first-order valence-electron chi connectivity index (χ1n) is 8.75. The van der Waals surface area contributed by atoms with Crippen LogP contribution in [-0.4, -0.2) is 27.9 Å². The Morgan fingerprint density at radius 3 is 2.69 bits per heavy atom. The number of hydrogen-bond acceptors (Lipinski definition) is 4. The maximum absolute atomic E-state index is 12.3. The van der Waals surface area contributed by atoms with Gasteiger partial charge in [-0.1, -0.05) is 42.5 Å². The van der Waals surface area contributed by atoms with Gasteiger partial charge in [-0.3, -0.25) is 0 Å². The minimum absolute atomic E-state index is 0.315. The zero-order chi connectivity index (χ0) is 18.7. The largest absolute Gasteiger partial charge is 0.444 e. The van der Waals surface area contributed by atoms with Gasteiger partial charge in [0.1, 0.15) is 5.60 Å². The molecule has 1 amide bonds. The quantitative estimate of drug-likeness (QED) is 0.845. The summed E-state index contributed by atoms with van der Waals surface area (Å²) in [4.78, 5) is 26.0. The van der Waals surface area contributed by atoms with Crippen molar-refractivity contribution in [1.29, 1.82) is 0 Å². The molecular formula is C20H24N2O4. The molecule has 2 aromatic rings. The molecule has 0 saturated heterocycles. The van der Waals surface area contributed by atoms with Crippen LogP contribution in [0, 0.1) is 0 Å². The molecular weight excluding hydrogens is 332 g/mol. The summed E-state index contributed by atoms with van der Waals surface area (Å²) < 4.78 is 12.4. The van der Waals surface area contributed by atoms with Crippen LogP contribution in [0.4, 0.5) is 4.79 Å². The minimum atomic E-state index is -0.550. The van der Waals surface area contributed by atoms with Crippen LogP contribution in [0.25, 0.3) is 6.08 Å². The Morgan fingerprint density at radius 1 is 1.27 bits per heavy atom. The lowest BCUT2D eigenvalue weighted by atomic mass is 10.1. The SMILES string of the molecule is CC(C)(C)OC(=O)N1CCc2c(n(C/C=C/c3ccccc3)oc2=O)C1. The Bertz CT molecular complexity index is 856. The second-order valence-corrected chi connectivity index (χ2v) is 7.33. The van der Waals surface area contributed by atoms with E-state index in [1.165, 1.54) is 0 Å². The molecule has 26 heavy (non-hydrogen) atoms. The number of ether oxygens (including phenoxy) is 1. The van der Waals surface area contributed by atoms with Crippen molar-refractivity contribution in [3.05, 3.63) is 63.6 Å². The Kier molecular flexibility index (Phi) is 5.02. The number of fused-ring (bicyclic) bond motifs is 1. The molecule has 3 rings (SSSR count). The van der Waals surface area contributed by atoms with Crippen molar-refractivity contribution in [2.45, 2.75) is 45.9 Å². The fraction of sp³-hybridized carbons (Fsp3) is 0.400. The summed E-state index contributed by atoms with van der Waals surface area (Å²) in [7, 11) is 0. The zero-order valence-electron chi connectivity index (χ0n) is 15.4. The van der Waals surface area contributed by atoms with Crippen molar-refractivity contribution in [2.24, 2.45) is 0 Å². The maximum atomic E-state index is 12.3. The van der Waals surface area contributed by atoms with Crippen LogP contribution >= 0.6 is 0 Å². The lowest BCUT2D eigenvalue weighted by Crippen LogP contribution is -2.40. The maximum Gasteiger partial charge on any atom is 0.410 e. The van der Waals surface area contributed by atoms with Gasteiger partial charge in [0.05, 0.1) is 24.3 Å². The smallest absolute Gasteiger partial charge is 0.410 e. The van der Waals surface area contributed by atoms with Gasteiger partial charge in [-0.2, -0.15) is 0 Å². The summed E-state index contributed by atoms with van der Waals surface area (Å²) >= 11 is 0. The van der Waals surface area contributed by atoms with Crippen molar-refractivity contribution in [2.75, 3.05) is 6.54 Å². The number of carbonyl (C=O) groups excluding carboxylic acids is 1. The summed E-state index contributed by atoms with van der Waals surface area (Å²) in [6.07, 6.45) is 4.01. The van der Waals surface area contributed by atoms with E-state index >= 15 is 0 Å². The van der Waals surface area contributed by atoms with E-state index in [1.54, 1.807) is 9.64 Å². The van der Waals surface area contributed by atoms with Crippen molar-refractivity contribution in [1.82, 2.24) is 9.64 Å². The van der Waals surface area contributed by atoms with E-state index in [0.717, 1.165) is 11.3 Å². The first-order chi connectivity index (χ1) is 12.3. The van der Waals surface area contributed by atoms with E-state index < -0.39 is 5.60 Å². The van der Waals surface area contributed by atoms with Crippen LogP contribution in [0.15, 0.2) is 45.7 Å². The fourth-order valence-electron chi connectivity index (χ4n) is 2.88. The third-order valence-electron chi connectivity index (χ3n) is 4.09. The van der Waals surface area contributed by atoms with Crippen LogP contribution in [0.1, 0.15) is 37.6 Å².